The summed E-state index contributed by atoms with van der Waals surface area (Å²) < 4.78 is 17.2. The molecule has 8 heteroatoms. The van der Waals surface area contributed by atoms with Crippen molar-refractivity contribution in [3.63, 3.8) is 0 Å². The van der Waals surface area contributed by atoms with Crippen LogP contribution >= 0.6 is 0 Å². The molecule has 0 fully saturated rings. The van der Waals surface area contributed by atoms with Crippen molar-refractivity contribution in [1.29, 1.82) is 0 Å². The molecule has 0 bridgehead atoms. The number of halogens is 1. The van der Waals surface area contributed by atoms with E-state index >= 15 is 4.39 Å². The lowest BCUT2D eigenvalue weighted by Crippen LogP contribution is -2.30. The maximum atomic E-state index is 15.7. The third-order valence-electron chi connectivity index (χ3n) is 8.29. The number of carbonyl (C=O) groups excluding carboxylic acids is 1. The molecule has 0 aliphatic rings. The summed E-state index contributed by atoms with van der Waals surface area (Å²) in [4.78, 5) is 45.2. The van der Waals surface area contributed by atoms with Gasteiger partial charge in [-0.05, 0) is 131 Å². The number of hydrogen-bond donors (Lipinski definition) is 1. The number of rotatable bonds is 13. The fourth-order valence-corrected chi connectivity index (χ4v) is 5.93. The zero-order valence-electron chi connectivity index (χ0n) is 28.2. The molecule has 1 aromatic heterocycles. The quantitative estimate of drug-likeness (QED) is 0.206. The molecule has 7 nitrogen and oxygen atoms in total. The second-order valence-corrected chi connectivity index (χ2v) is 13.1. The normalized spacial score (nSPS) is 13.2. The molecule has 0 spiro atoms. The van der Waals surface area contributed by atoms with Crippen LogP contribution in [0.2, 0.25) is 0 Å². The molecule has 3 rings (SSSR count). The minimum Gasteiger partial charge on any atom is -0.481 e. The van der Waals surface area contributed by atoms with Gasteiger partial charge in [0.15, 0.2) is 0 Å². The number of aryl methyl sites for hydroxylation is 5. The average Bonchev–Trinajstić information content (AvgIpc) is 2.92. The number of aliphatic carboxylic acids is 1. The van der Waals surface area contributed by atoms with Crippen molar-refractivity contribution in [3.8, 4) is 11.1 Å². The Hall–Kier alpha value is -3.91. The van der Waals surface area contributed by atoms with E-state index in [1.165, 1.54) is 10.8 Å². The Morgan fingerprint density at radius 2 is 1.60 bits per heavy atom. The Balaban J connectivity index is 2.09. The Morgan fingerprint density at radius 1 is 0.956 bits per heavy atom. The van der Waals surface area contributed by atoms with E-state index in [1.54, 1.807) is 31.3 Å². The van der Waals surface area contributed by atoms with Gasteiger partial charge >= 0.3 is 5.97 Å². The third kappa shape index (κ3) is 9.30. The number of aliphatic imine (C=N–C) groups is 1. The van der Waals surface area contributed by atoms with Gasteiger partial charge in [0.2, 0.25) is 0 Å². The zero-order chi connectivity index (χ0) is 33.6. The SMILES string of the molecule is Cc1cc(C)c(-c2cc(C)c(F)c(C(C=NC(=O)C(CCC(C)C)n3cc(CCN(C)C)c(C)cc3=O)CC(=O)O)c2)c(C)c1. The summed E-state index contributed by atoms with van der Waals surface area (Å²) in [5, 5.41) is 9.77. The van der Waals surface area contributed by atoms with Crippen LogP contribution in [0.1, 0.15) is 84.0 Å². The van der Waals surface area contributed by atoms with Crippen LogP contribution in [0, 0.1) is 46.4 Å². The van der Waals surface area contributed by atoms with Gasteiger partial charge in [0.1, 0.15) is 11.9 Å². The summed E-state index contributed by atoms with van der Waals surface area (Å²) in [7, 11) is 3.96. The second-order valence-electron chi connectivity index (χ2n) is 13.1. The first-order valence-corrected chi connectivity index (χ1v) is 15.6. The molecular weight excluding hydrogens is 569 g/mol. The fraction of sp³-hybridized carbons (Fsp3) is 0.459. The number of benzene rings is 2. The first kappa shape index (κ1) is 35.6. The van der Waals surface area contributed by atoms with E-state index < -0.39 is 36.1 Å². The van der Waals surface area contributed by atoms with Crippen molar-refractivity contribution >= 4 is 18.1 Å². The third-order valence-corrected chi connectivity index (χ3v) is 8.29. The van der Waals surface area contributed by atoms with E-state index in [1.807, 2.05) is 55.6 Å². The summed E-state index contributed by atoms with van der Waals surface area (Å²) in [5.41, 5.74) is 7.01. The van der Waals surface area contributed by atoms with Crippen LogP contribution in [-0.4, -0.2) is 53.3 Å². The predicted molar refractivity (Wildman–Crippen MR) is 180 cm³/mol. The Bertz CT molecular complexity index is 1610. The van der Waals surface area contributed by atoms with Gasteiger partial charge in [-0.25, -0.2) is 9.38 Å². The number of likely N-dealkylation sites (N-methyl/N-ethyl adjacent to an activating group) is 1. The molecule has 0 radical (unpaired) electrons. The van der Waals surface area contributed by atoms with Gasteiger partial charge in [-0.15, -0.1) is 0 Å². The van der Waals surface area contributed by atoms with Crippen LogP contribution in [0.5, 0.6) is 0 Å². The number of pyridine rings is 1. The van der Waals surface area contributed by atoms with Crippen molar-refractivity contribution in [2.75, 3.05) is 20.6 Å². The number of nitrogens with zero attached hydrogens (tertiary/aromatic N) is 3. The van der Waals surface area contributed by atoms with Gasteiger partial charge in [0, 0.05) is 30.9 Å². The fourth-order valence-electron chi connectivity index (χ4n) is 5.93. The van der Waals surface area contributed by atoms with Gasteiger partial charge in [0.25, 0.3) is 11.5 Å². The molecule has 242 valence electrons. The maximum absolute atomic E-state index is 15.7. The monoisotopic (exact) mass is 617 g/mol. The highest BCUT2D eigenvalue weighted by Crippen LogP contribution is 2.34. The van der Waals surface area contributed by atoms with Gasteiger partial charge in [-0.1, -0.05) is 31.5 Å². The highest BCUT2D eigenvalue weighted by molar-refractivity contribution is 5.91. The molecule has 0 saturated carbocycles. The van der Waals surface area contributed by atoms with Crippen molar-refractivity contribution < 1.29 is 19.1 Å². The lowest BCUT2D eigenvalue weighted by molar-refractivity contribution is -0.137. The molecule has 45 heavy (non-hydrogen) atoms. The topological polar surface area (TPSA) is 92.0 Å². The van der Waals surface area contributed by atoms with Crippen molar-refractivity contribution in [1.82, 2.24) is 9.47 Å². The minimum atomic E-state index is -1.14. The lowest BCUT2D eigenvalue weighted by atomic mass is 9.87. The van der Waals surface area contributed by atoms with E-state index in [-0.39, 0.29) is 17.0 Å². The predicted octanol–water partition coefficient (Wildman–Crippen LogP) is 7.13. The second kappa shape index (κ2) is 15.4. The first-order valence-electron chi connectivity index (χ1n) is 15.6. The molecule has 3 aromatic rings. The summed E-state index contributed by atoms with van der Waals surface area (Å²) in [6.45, 7) is 14.4. The molecule has 0 aliphatic carbocycles. The Kier molecular flexibility index (Phi) is 12.2. The van der Waals surface area contributed by atoms with Crippen LogP contribution in [0.3, 0.4) is 0 Å². The van der Waals surface area contributed by atoms with Crippen LogP contribution < -0.4 is 5.56 Å². The van der Waals surface area contributed by atoms with Crippen molar-refractivity contribution in [3.05, 3.63) is 91.6 Å². The summed E-state index contributed by atoms with van der Waals surface area (Å²) >= 11 is 0. The van der Waals surface area contributed by atoms with Gasteiger partial charge < -0.3 is 14.6 Å². The highest BCUT2D eigenvalue weighted by atomic mass is 19.1. The highest BCUT2D eigenvalue weighted by Gasteiger charge is 2.25. The molecule has 0 aliphatic heterocycles. The number of carboxylic acids is 1. The summed E-state index contributed by atoms with van der Waals surface area (Å²) in [5.74, 6) is -2.93. The summed E-state index contributed by atoms with van der Waals surface area (Å²) in [6, 6.07) is 8.25. The zero-order valence-corrected chi connectivity index (χ0v) is 28.2. The Morgan fingerprint density at radius 3 is 2.18 bits per heavy atom. The van der Waals surface area contributed by atoms with E-state index in [0.29, 0.717) is 24.8 Å². The van der Waals surface area contributed by atoms with Crippen LogP contribution in [0.4, 0.5) is 4.39 Å². The van der Waals surface area contributed by atoms with Crippen LogP contribution in [0.15, 0.2) is 46.3 Å². The van der Waals surface area contributed by atoms with E-state index in [4.69, 9.17) is 0 Å². The average molecular weight is 618 g/mol. The van der Waals surface area contributed by atoms with Crippen LogP contribution in [-0.2, 0) is 16.0 Å². The number of amides is 1. The molecule has 1 amide bonds. The molecule has 2 unspecified atom stereocenters. The molecule has 1 heterocycles. The van der Waals surface area contributed by atoms with Crippen LogP contribution in [0.25, 0.3) is 11.1 Å². The number of aromatic nitrogens is 1. The van der Waals surface area contributed by atoms with Gasteiger partial charge in [-0.3, -0.25) is 14.4 Å². The van der Waals surface area contributed by atoms with Crippen molar-refractivity contribution in [2.24, 2.45) is 10.9 Å². The molecule has 2 aromatic carbocycles. The van der Waals surface area contributed by atoms with Gasteiger partial charge in [0.05, 0.1) is 6.42 Å². The van der Waals surface area contributed by atoms with Crippen molar-refractivity contribution in [2.45, 2.75) is 86.1 Å². The van der Waals surface area contributed by atoms with E-state index in [9.17, 15) is 19.5 Å². The van der Waals surface area contributed by atoms with Gasteiger partial charge in [-0.2, -0.15) is 0 Å². The first-order chi connectivity index (χ1) is 21.1. The maximum Gasteiger partial charge on any atom is 0.304 e. The standard InChI is InChI=1S/C37H48FN3O4/c1-22(2)10-11-32(41-21-28(12-13-40(8)9)24(4)17-33(41)42)37(45)39-20-30(19-34(43)44)31-18-29(16-27(7)36(31)38)35-25(5)14-23(3)15-26(35)6/h14-18,20-22,30,32H,10-13,19H2,1-9H3,(H,43,44). The Labute approximate surface area is 266 Å². The van der Waals surface area contributed by atoms with E-state index in [0.717, 1.165) is 45.5 Å². The molecule has 1 N–H and O–H groups in total. The smallest absolute Gasteiger partial charge is 0.304 e. The minimum absolute atomic E-state index is 0.167. The number of carbonyl (C=O) groups is 2. The molecule has 2 atom stereocenters. The lowest BCUT2D eigenvalue weighted by Gasteiger charge is -2.21. The van der Waals surface area contributed by atoms with E-state index in [2.05, 4.69) is 22.0 Å². The summed E-state index contributed by atoms with van der Waals surface area (Å²) in [6.07, 6.45) is 4.35. The largest absolute Gasteiger partial charge is 0.481 e. The molecule has 0 saturated heterocycles. The number of hydrogen-bond acceptors (Lipinski definition) is 4. The number of carboxylic acid groups (broad SMARTS) is 1. The molecular formula is C37H48FN3O4.